The molecule has 0 saturated carbocycles. The Balaban J connectivity index is 1.99. The van der Waals surface area contributed by atoms with E-state index in [1.807, 2.05) is 0 Å². The summed E-state index contributed by atoms with van der Waals surface area (Å²) in [5.74, 6) is 1.55. The monoisotopic (exact) mass is 327 g/mol. The van der Waals surface area contributed by atoms with Crippen LogP contribution < -0.4 is 4.57 Å². The highest BCUT2D eigenvalue weighted by Gasteiger charge is 2.19. The highest BCUT2D eigenvalue weighted by atomic mass is 15.0. The van der Waals surface area contributed by atoms with E-state index in [2.05, 4.69) is 93.2 Å². The van der Waals surface area contributed by atoms with Gasteiger partial charge in [-0.05, 0) is 52.5 Å². The van der Waals surface area contributed by atoms with E-state index < -0.39 is 0 Å². The van der Waals surface area contributed by atoms with Crippen LogP contribution in [0.5, 0.6) is 0 Å². The molecule has 4 rings (SSSR count). The zero-order valence-electron chi connectivity index (χ0n) is 15.2. The van der Waals surface area contributed by atoms with Crippen LogP contribution in [0.1, 0.15) is 30.9 Å². The molecule has 0 fully saturated rings. The molecule has 0 spiro atoms. The first kappa shape index (κ1) is 15.8. The summed E-state index contributed by atoms with van der Waals surface area (Å²) in [6.45, 7) is 6.64. The normalized spacial score (nSPS) is 11.6. The maximum Gasteiger partial charge on any atom is 0.331 e. The SMILES string of the molecule is Cc1cc(C(C)C)ccc1-c1nc2c(ccc3ccccc32)c[n+]1C. The van der Waals surface area contributed by atoms with Crippen molar-refractivity contribution < 1.29 is 4.57 Å². The van der Waals surface area contributed by atoms with Gasteiger partial charge in [-0.2, -0.15) is 0 Å². The second-order valence-electron chi connectivity index (χ2n) is 7.13. The fraction of sp³-hybridized carbons (Fsp3) is 0.217. The van der Waals surface area contributed by atoms with Crippen molar-refractivity contribution in [3.63, 3.8) is 0 Å². The molecule has 25 heavy (non-hydrogen) atoms. The summed E-state index contributed by atoms with van der Waals surface area (Å²) in [4.78, 5) is 5.07. The zero-order chi connectivity index (χ0) is 17.6. The van der Waals surface area contributed by atoms with Crippen LogP contribution in [0.2, 0.25) is 0 Å². The van der Waals surface area contributed by atoms with Gasteiger partial charge in [-0.3, -0.25) is 0 Å². The Kier molecular flexibility index (Phi) is 3.76. The third-order valence-corrected chi connectivity index (χ3v) is 4.97. The van der Waals surface area contributed by atoms with Gasteiger partial charge in [0.2, 0.25) is 0 Å². The Labute approximate surface area is 148 Å². The summed E-state index contributed by atoms with van der Waals surface area (Å²) in [6.07, 6.45) is 2.18. The Bertz CT molecular complexity index is 1090. The minimum atomic E-state index is 0.537. The Morgan fingerprint density at radius 3 is 2.44 bits per heavy atom. The average molecular weight is 327 g/mol. The van der Waals surface area contributed by atoms with E-state index >= 15 is 0 Å². The Hall–Kier alpha value is -2.74. The summed E-state index contributed by atoms with van der Waals surface area (Å²) in [6, 6.07) is 19.5. The van der Waals surface area contributed by atoms with Crippen molar-refractivity contribution in [3.8, 4) is 11.4 Å². The maximum absolute atomic E-state index is 5.07. The molecule has 2 nitrogen and oxygen atoms in total. The van der Waals surface area contributed by atoms with Crippen molar-refractivity contribution in [2.75, 3.05) is 0 Å². The standard InChI is InChI=1S/C23H23N2/c1-15(2)18-11-12-20(16(3)13-18)23-24-22-19(14-25(23)4)10-9-17-7-5-6-8-21(17)22/h5-15H,1-4H3/q+1. The molecule has 0 saturated heterocycles. The third kappa shape index (κ3) is 2.68. The highest BCUT2D eigenvalue weighted by molar-refractivity contribution is 6.04. The molecule has 0 aliphatic rings. The molecule has 0 unspecified atom stereocenters. The molecule has 3 aromatic carbocycles. The van der Waals surface area contributed by atoms with Gasteiger partial charge in [0.05, 0.1) is 18.0 Å². The van der Waals surface area contributed by atoms with Crippen molar-refractivity contribution in [1.82, 2.24) is 4.98 Å². The predicted molar refractivity (Wildman–Crippen MR) is 105 cm³/mol. The first-order chi connectivity index (χ1) is 12.0. The lowest BCUT2D eigenvalue weighted by Gasteiger charge is -2.10. The van der Waals surface area contributed by atoms with Crippen molar-refractivity contribution >= 4 is 21.7 Å². The Morgan fingerprint density at radius 1 is 0.920 bits per heavy atom. The molecule has 0 radical (unpaired) electrons. The van der Waals surface area contributed by atoms with Gasteiger partial charge in [0.1, 0.15) is 6.20 Å². The van der Waals surface area contributed by atoms with Gasteiger partial charge >= 0.3 is 5.82 Å². The summed E-state index contributed by atoms with van der Waals surface area (Å²) in [5, 5.41) is 3.61. The first-order valence-corrected chi connectivity index (χ1v) is 8.83. The van der Waals surface area contributed by atoms with Gasteiger partial charge in [-0.15, -0.1) is 0 Å². The fourth-order valence-electron chi connectivity index (χ4n) is 3.50. The number of hydrogen-bond donors (Lipinski definition) is 0. The van der Waals surface area contributed by atoms with Crippen LogP contribution in [-0.4, -0.2) is 4.98 Å². The van der Waals surface area contributed by atoms with Gasteiger partial charge < -0.3 is 0 Å². The fourth-order valence-corrected chi connectivity index (χ4v) is 3.50. The smallest absolute Gasteiger partial charge is 0.232 e. The van der Waals surface area contributed by atoms with E-state index in [-0.39, 0.29) is 0 Å². The van der Waals surface area contributed by atoms with Crippen LogP contribution >= 0.6 is 0 Å². The van der Waals surface area contributed by atoms with Gasteiger partial charge in [0, 0.05) is 5.39 Å². The van der Waals surface area contributed by atoms with Crippen LogP contribution in [0.15, 0.2) is 60.8 Å². The summed E-state index contributed by atoms with van der Waals surface area (Å²) in [7, 11) is 2.08. The van der Waals surface area contributed by atoms with Crippen LogP contribution in [0.3, 0.4) is 0 Å². The van der Waals surface area contributed by atoms with Crippen molar-refractivity contribution in [1.29, 1.82) is 0 Å². The molecule has 2 heteroatoms. The number of aromatic nitrogens is 2. The molecule has 1 heterocycles. The van der Waals surface area contributed by atoms with Crippen molar-refractivity contribution in [2.45, 2.75) is 26.7 Å². The predicted octanol–water partition coefficient (Wildman–Crippen LogP) is 5.31. The molecule has 1 aromatic heterocycles. The van der Waals surface area contributed by atoms with Crippen molar-refractivity contribution in [2.24, 2.45) is 7.05 Å². The molecular weight excluding hydrogens is 304 g/mol. The van der Waals surface area contributed by atoms with E-state index in [0.29, 0.717) is 5.92 Å². The lowest BCUT2D eigenvalue weighted by molar-refractivity contribution is -0.661. The van der Waals surface area contributed by atoms with E-state index in [0.717, 1.165) is 11.3 Å². The second kappa shape index (κ2) is 5.96. The minimum absolute atomic E-state index is 0.537. The van der Waals surface area contributed by atoms with Gasteiger partial charge in [0.25, 0.3) is 0 Å². The van der Waals surface area contributed by atoms with E-state index in [4.69, 9.17) is 4.98 Å². The molecular formula is C23H23N2+. The lowest BCUT2D eigenvalue weighted by atomic mass is 9.97. The van der Waals surface area contributed by atoms with Crippen LogP contribution in [0.25, 0.3) is 33.1 Å². The number of fused-ring (bicyclic) bond motifs is 3. The quantitative estimate of drug-likeness (QED) is 0.360. The summed E-state index contributed by atoms with van der Waals surface area (Å²) >= 11 is 0. The summed E-state index contributed by atoms with van der Waals surface area (Å²) in [5.41, 5.74) is 4.91. The number of hydrogen-bond acceptors (Lipinski definition) is 1. The summed E-state index contributed by atoms with van der Waals surface area (Å²) < 4.78 is 2.13. The Morgan fingerprint density at radius 2 is 1.68 bits per heavy atom. The van der Waals surface area contributed by atoms with Crippen LogP contribution in [0.4, 0.5) is 0 Å². The van der Waals surface area contributed by atoms with Crippen LogP contribution in [0, 0.1) is 6.92 Å². The lowest BCUT2D eigenvalue weighted by Crippen LogP contribution is -2.32. The largest absolute Gasteiger partial charge is 0.331 e. The van der Waals surface area contributed by atoms with E-state index in [1.54, 1.807) is 0 Å². The van der Waals surface area contributed by atoms with E-state index in [1.165, 1.54) is 32.8 Å². The zero-order valence-corrected chi connectivity index (χ0v) is 15.2. The van der Waals surface area contributed by atoms with Gasteiger partial charge in [-0.25, -0.2) is 4.57 Å². The number of benzene rings is 3. The van der Waals surface area contributed by atoms with Crippen LogP contribution in [-0.2, 0) is 7.05 Å². The number of nitrogens with zero attached hydrogens (tertiary/aromatic N) is 2. The topological polar surface area (TPSA) is 16.8 Å². The maximum atomic E-state index is 5.07. The third-order valence-electron chi connectivity index (χ3n) is 4.97. The minimum Gasteiger partial charge on any atom is -0.232 e. The molecule has 0 bridgehead atoms. The molecule has 0 N–H and O–H groups in total. The molecule has 0 amide bonds. The molecule has 0 atom stereocenters. The van der Waals surface area contributed by atoms with Crippen molar-refractivity contribution in [3.05, 3.63) is 71.9 Å². The average Bonchev–Trinajstić information content (AvgIpc) is 2.61. The van der Waals surface area contributed by atoms with E-state index in [9.17, 15) is 0 Å². The molecule has 0 aliphatic carbocycles. The molecule has 4 aromatic rings. The highest BCUT2D eigenvalue weighted by Crippen LogP contribution is 2.27. The first-order valence-electron chi connectivity index (χ1n) is 8.83. The number of aryl methyl sites for hydroxylation is 2. The number of rotatable bonds is 2. The molecule has 0 aliphatic heterocycles. The second-order valence-corrected chi connectivity index (χ2v) is 7.13. The van der Waals surface area contributed by atoms with Gasteiger partial charge in [0.15, 0.2) is 5.52 Å². The van der Waals surface area contributed by atoms with Gasteiger partial charge in [-0.1, -0.05) is 50.2 Å². The molecule has 124 valence electrons.